The summed E-state index contributed by atoms with van der Waals surface area (Å²) in [6.07, 6.45) is 3.14. The summed E-state index contributed by atoms with van der Waals surface area (Å²) in [5.41, 5.74) is 6.36. The number of nitrogens with one attached hydrogen (secondary N) is 2. The van der Waals surface area contributed by atoms with Gasteiger partial charge < -0.3 is 5.73 Å². The van der Waals surface area contributed by atoms with Crippen molar-refractivity contribution in [1.82, 2.24) is 20.2 Å². The molecule has 7 heteroatoms. The molecule has 0 spiro atoms. The van der Waals surface area contributed by atoms with E-state index in [1.807, 2.05) is 19.1 Å². The first-order valence-electron chi connectivity index (χ1n) is 6.11. The van der Waals surface area contributed by atoms with E-state index in [0.29, 0.717) is 17.9 Å². The van der Waals surface area contributed by atoms with E-state index in [9.17, 15) is 4.79 Å². The fourth-order valence-corrected chi connectivity index (χ4v) is 1.58. The Kier molecular flexibility index (Phi) is 4.19. The van der Waals surface area contributed by atoms with Gasteiger partial charge in [-0.2, -0.15) is 4.98 Å². The molecule has 4 N–H and O–H groups in total. The van der Waals surface area contributed by atoms with E-state index in [0.717, 1.165) is 6.42 Å². The van der Waals surface area contributed by atoms with Crippen LogP contribution in [0.3, 0.4) is 0 Å². The van der Waals surface area contributed by atoms with E-state index < -0.39 is 6.04 Å². The van der Waals surface area contributed by atoms with Gasteiger partial charge in [0.15, 0.2) is 5.82 Å². The molecule has 1 amide bonds. The summed E-state index contributed by atoms with van der Waals surface area (Å²) in [5.74, 6) is 0.422. The van der Waals surface area contributed by atoms with Gasteiger partial charge in [-0.05, 0) is 18.6 Å². The van der Waals surface area contributed by atoms with Gasteiger partial charge >= 0.3 is 0 Å². The minimum Gasteiger partial charge on any atom is -0.320 e. The molecule has 0 aliphatic rings. The zero-order valence-electron chi connectivity index (χ0n) is 10.6. The fraction of sp³-hybridized carbons (Fsp3) is 0.333. The molecule has 2 aromatic rings. The molecule has 0 saturated heterocycles. The number of aromatic amines is 1. The average Bonchev–Trinajstić information content (AvgIpc) is 2.88. The number of nitrogens with two attached hydrogens (primary N) is 1. The lowest BCUT2D eigenvalue weighted by Crippen LogP contribution is -2.35. The van der Waals surface area contributed by atoms with Crippen LogP contribution in [-0.2, 0) is 4.79 Å². The molecule has 0 radical (unpaired) electrons. The van der Waals surface area contributed by atoms with E-state index in [2.05, 4.69) is 25.5 Å². The van der Waals surface area contributed by atoms with Crippen LogP contribution in [0.25, 0.3) is 11.5 Å². The van der Waals surface area contributed by atoms with E-state index in [4.69, 9.17) is 5.73 Å². The van der Waals surface area contributed by atoms with Crippen molar-refractivity contribution in [2.45, 2.75) is 25.8 Å². The van der Waals surface area contributed by atoms with Crippen molar-refractivity contribution in [3.63, 3.8) is 0 Å². The highest BCUT2D eigenvalue weighted by Crippen LogP contribution is 2.12. The molecule has 2 heterocycles. The van der Waals surface area contributed by atoms with Crippen LogP contribution in [0.5, 0.6) is 0 Å². The first-order valence-corrected chi connectivity index (χ1v) is 6.11. The molecule has 19 heavy (non-hydrogen) atoms. The first kappa shape index (κ1) is 13.2. The van der Waals surface area contributed by atoms with Gasteiger partial charge in [0.05, 0.1) is 6.04 Å². The number of carbonyl (C=O) groups is 1. The minimum absolute atomic E-state index is 0.206. The molecule has 0 fully saturated rings. The smallest absolute Gasteiger partial charge is 0.249 e. The van der Waals surface area contributed by atoms with E-state index in [1.165, 1.54) is 0 Å². The Bertz CT molecular complexity index is 538. The second-order valence-electron chi connectivity index (χ2n) is 4.11. The summed E-state index contributed by atoms with van der Waals surface area (Å²) in [6, 6.07) is 4.92. The summed E-state index contributed by atoms with van der Waals surface area (Å²) in [5, 5.41) is 9.20. The minimum atomic E-state index is -0.540. The zero-order valence-corrected chi connectivity index (χ0v) is 10.6. The van der Waals surface area contributed by atoms with Gasteiger partial charge in [0, 0.05) is 6.20 Å². The van der Waals surface area contributed by atoms with Crippen LogP contribution in [0, 0.1) is 0 Å². The monoisotopic (exact) mass is 260 g/mol. The summed E-state index contributed by atoms with van der Waals surface area (Å²) >= 11 is 0. The summed E-state index contributed by atoms with van der Waals surface area (Å²) < 4.78 is 0. The largest absolute Gasteiger partial charge is 0.320 e. The van der Waals surface area contributed by atoms with Crippen molar-refractivity contribution in [2.75, 3.05) is 5.32 Å². The quantitative estimate of drug-likeness (QED) is 0.741. The molecule has 2 rings (SSSR count). The van der Waals surface area contributed by atoms with Gasteiger partial charge in [-0.1, -0.05) is 19.4 Å². The number of H-pyrrole nitrogens is 1. The third kappa shape index (κ3) is 3.35. The number of hydrogen-bond donors (Lipinski definition) is 3. The molecule has 1 unspecified atom stereocenters. The first-order chi connectivity index (χ1) is 9.20. The number of anilines is 1. The Morgan fingerprint density at radius 1 is 1.53 bits per heavy atom. The van der Waals surface area contributed by atoms with Crippen molar-refractivity contribution in [3.8, 4) is 11.5 Å². The number of nitrogens with zero attached hydrogens (tertiary/aromatic N) is 3. The molecule has 0 saturated carbocycles. The molecule has 7 nitrogen and oxygen atoms in total. The maximum absolute atomic E-state index is 11.7. The van der Waals surface area contributed by atoms with Crippen LogP contribution in [0.4, 0.5) is 5.95 Å². The van der Waals surface area contributed by atoms with Crippen LogP contribution in [-0.4, -0.2) is 32.1 Å². The van der Waals surface area contributed by atoms with Crippen molar-refractivity contribution in [2.24, 2.45) is 5.73 Å². The number of rotatable bonds is 5. The lowest BCUT2D eigenvalue weighted by Gasteiger charge is -2.07. The average molecular weight is 260 g/mol. The standard InChI is InChI=1S/C12H16N6O/c1-2-5-8(13)11(19)16-12-15-10(17-18-12)9-6-3-4-7-14-9/h3-4,6-8H,2,5,13H2,1H3,(H2,15,16,17,18,19). The van der Waals surface area contributed by atoms with Crippen LogP contribution in [0.1, 0.15) is 19.8 Å². The maximum atomic E-state index is 11.7. The highest BCUT2D eigenvalue weighted by Gasteiger charge is 2.15. The highest BCUT2D eigenvalue weighted by molar-refractivity contribution is 5.93. The normalized spacial score (nSPS) is 12.1. The van der Waals surface area contributed by atoms with E-state index in [-0.39, 0.29) is 11.9 Å². The van der Waals surface area contributed by atoms with Gasteiger partial charge in [-0.25, -0.2) is 0 Å². The van der Waals surface area contributed by atoms with Crippen molar-refractivity contribution in [1.29, 1.82) is 0 Å². The second-order valence-corrected chi connectivity index (χ2v) is 4.11. The Labute approximate surface area is 110 Å². The van der Waals surface area contributed by atoms with E-state index >= 15 is 0 Å². The van der Waals surface area contributed by atoms with Gasteiger partial charge in [0.1, 0.15) is 5.69 Å². The molecule has 100 valence electrons. The van der Waals surface area contributed by atoms with Gasteiger partial charge in [0.2, 0.25) is 11.9 Å². The predicted molar refractivity (Wildman–Crippen MR) is 71.1 cm³/mol. The topological polar surface area (TPSA) is 110 Å². The number of amides is 1. The number of carbonyl (C=O) groups excluding carboxylic acids is 1. The number of pyridine rings is 1. The number of aromatic nitrogens is 4. The SMILES string of the molecule is CCCC(N)C(=O)Nc1n[nH]c(-c2ccccn2)n1. The number of hydrogen-bond acceptors (Lipinski definition) is 5. The summed E-state index contributed by atoms with van der Waals surface area (Å²) in [7, 11) is 0. The van der Waals surface area contributed by atoms with Gasteiger partial charge in [-0.3, -0.25) is 20.2 Å². The Morgan fingerprint density at radius 2 is 2.37 bits per heavy atom. The molecule has 1 atom stereocenters. The Hall–Kier alpha value is -2.28. The zero-order chi connectivity index (χ0) is 13.7. The molecule has 0 aromatic carbocycles. The summed E-state index contributed by atoms with van der Waals surface area (Å²) in [4.78, 5) is 20.0. The Balaban J connectivity index is 2.04. The molecule has 0 aliphatic carbocycles. The maximum Gasteiger partial charge on any atom is 0.249 e. The summed E-state index contributed by atoms with van der Waals surface area (Å²) in [6.45, 7) is 1.97. The lowest BCUT2D eigenvalue weighted by molar-refractivity contribution is -0.117. The van der Waals surface area contributed by atoms with Gasteiger partial charge in [-0.15, -0.1) is 5.10 Å². The molecule has 2 aromatic heterocycles. The molecular weight excluding hydrogens is 244 g/mol. The van der Waals surface area contributed by atoms with Gasteiger partial charge in [0.25, 0.3) is 0 Å². The van der Waals surface area contributed by atoms with Crippen molar-refractivity contribution in [3.05, 3.63) is 24.4 Å². The lowest BCUT2D eigenvalue weighted by atomic mass is 10.2. The van der Waals surface area contributed by atoms with Crippen LogP contribution in [0.15, 0.2) is 24.4 Å². The predicted octanol–water partition coefficient (Wildman–Crippen LogP) is 0.933. The van der Waals surface area contributed by atoms with Crippen LogP contribution in [0.2, 0.25) is 0 Å². The van der Waals surface area contributed by atoms with E-state index in [1.54, 1.807) is 12.3 Å². The molecule has 0 aliphatic heterocycles. The highest BCUT2D eigenvalue weighted by atomic mass is 16.2. The fourth-order valence-electron chi connectivity index (χ4n) is 1.58. The van der Waals surface area contributed by atoms with Crippen molar-refractivity contribution < 1.29 is 4.79 Å². The Morgan fingerprint density at radius 3 is 3.05 bits per heavy atom. The van der Waals surface area contributed by atoms with Crippen LogP contribution >= 0.6 is 0 Å². The molecular formula is C12H16N6O. The third-order valence-electron chi connectivity index (χ3n) is 2.56. The molecule has 0 bridgehead atoms. The third-order valence-corrected chi connectivity index (χ3v) is 2.56. The van der Waals surface area contributed by atoms with Crippen molar-refractivity contribution >= 4 is 11.9 Å². The van der Waals surface area contributed by atoms with Crippen LogP contribution < -0.4 is 11.1 Å². The second kappa shape index (κ2) is 6.05.